The molecule has 1 aromatic carbocycles. The fourth-order valence-electron chi connectivity index (χ4n) is 5.69. The number of thiazole rings is 1. The van der Waals surface area contributed by atoms with E-state index in [0.29, 0.717) is 55.5 Å². The van der Waals surface area contributed by atoms with Gasteiger partial charge in [-0.1, -0.05) is 37.4 Å². The first-order chi connectivity index (χ1) is 18.8. The van der Waals surface area contributed by atoms with Gasteiger partial charge in [-0.05, 0) is 50.3 Å². The van der Waals surface area contributed by atoms with Crippen LogP contribution in [0.3, 0.4) is 0 Å². The largest absolute Gasteiger partial charge is 0.379 e. The molecular weight excluding hydrogens is 534 g/mol. The number of hydrogen-bond donors (Lipinski definition) is 1. The number of nitrogens with one attached hydrogen (secondary N) is 1. The van der Waals surface area contributed by atoms with Crippen molar-refractivity contribution in [2.45, 2.75) is 70.8 Å². The number of carbonyl (C=O) groups is 3. The van der Waals surface area contributed by atoms with E-state index in [-0.39, 0.29) is 29.9 Å². The second-order valence-electron chi connectivity index (χ2n) is 11.0. The van der Waals surface area contributed by atoms with Crippen molar-refractivity contribution in [2.75, 3.05) is 32.8 Å². The molecule has 2 aromatic rings. The predicted molar refractivity (Wildman–Crippen MR) is 156 cm³/mol. The van der Waals surface area contributed by atoms with E-state index in [1.165, 1.54) is 24.7 Å². The Morgan fingerprint density at radius 2 is 1.95 bits per heavy atom. The number of aromatic nitrogens is 1. The van der Waals surface area contributed by atoms with Gasteiger partial charge in [-0.2, -0.15) is 0 Å². The van der Waals surface area contributed by atoms with Gasteiger partial charge < -0.3 is 14.8 Å². The zero-order valence-electron chi connectivity index (χ0n) is 22.9. The molecule has 2 heterocycles. The maximum atomic E-state index is 13.6. The lowest BCUT2D eigenvalue weighted by Crippen LogP contribution is -2.45. The third-order valence-corrected chi connectivity index (χ3v) is 9.14. The summed E-state index contributed by atoms with van der Waals surface area (Å²) in [6, 6.07) is 5.46. The minimum absolute atomic E-state index is 0.0249. The third kappa shape index (κ3) is 8.93. The molecule has 0 unspecified atom stereocenters. The number of ketones is 2. The number of rotatable bonds is 13. The van der Waals surface area contributed by atoms with Gasteiger partial charge in [0.15, 0.2) is 5.78 Å². The molecule has 1 N–H and O–H groups in total. The van der Waals surface area contributed by atoms with Crippen LogP contribution in [-0.4, -0.2) is 66.2 Å². The molecule has 1 aliphatic carbocycles. The summed E-state index contributed by atoms with van der Waals surface area (Å²) in [7, 11) is 0. The van der Waals surface area contributed by atoms with Gasteiger partial charge in [-0.25, -0.2) is 4.98 Å². The van der Waals surface area contributed by atoms with Crippen LogP contribution in [0.5, 0.6) is 0 Å². The molecule has 1 aliphatic heterocycles. The quantitative estimate of drug-likeness (QED) is 0.323. The molecule has 7 nitrogen and oxygen atoms in total. The second-order valence-corrected chi connectivity index (χ2v) is 12.5. The number of hydrogen-bond acceptors (Lipinski definition) is 7. The minimum atomic E-state index is -0.503. The summed E-state index contributed by atoms with van der Waals surface area (Å²) in [5.41, 5.74) is 1.47. The van der Waals surface area contributed by atoms with Crippen LogP contribution in [0.15, 0.2) is 30.4 Å². The van der Waals surface area contributed by atoms with E-state index in [1.807, 2.05) is 12.1 Å². The van der Waals surface area contributed by atoms with Crippen LogP contribution in [0, 0.1) is 11.8 Å². The lowest BCUT2D eigenvalue weighted by Gasteiger charge is -2.32. The zero-order chi connectivity index (χ0) is 27.8. The fourth-order valence-corrected chi connectivity index (χ4v) is 7.02. The van der Waals surface area contributed by atoms with Gasteiger partial charge in [-0.15, -0.1) is 11.3 Å². The van der Waals surface area contributed by atoms with Gasteiger partial charge in [0.05, 0.1) is 34.4 Å². The van der Waals surface area contributed by atoms with Crippen LogP contribution in [0.1, 0.15) is 63.3 Å². The van der Waals surface area contributed by atoms with Crippen molar-refractivity contribution in [2.24, 2.45) is 11.8 Å². The second kappa shape index (κ2) is 14.5. The molecule has 0 radical (unpaired) electrons. The molecule has 1 saturated carbocycles. The van der Waals surface area contributed by atoms with E-state index in [4.69, 9.17) is 16.3 Å². The Balaban J connectivity index is 1.41. The molecule has 0 spiro atoms. The van der Waals surface area contributed by atoms with E-state index in [2.05, 4.69) is 21.8 Å². The first-order valence-electron chi connectivity index (χ1n) is 14.1. The molecule has 1 aromatic heterocycles. The van der Waals surface area contributed by atoms with E-state index < -0.39 is 5.92 Å². The number of halogens is 1. The number of morpholine rings is 1. The lowest BCUT2D eigenvalue weighted by atomic mass is 9.81. The average molecular weight is 574 g/mol. The Hall–Kier alpha value is -2.13. The first-order valence-corrected chi connectivity index (χ1v) is 15.3. The molecule has 39 heavy (non-hydrogen) atoms. The van der Waals surface area contributed by atoms with Crippen LogP contribution in [0.4, 0.5) is 0 Å². The van der Waals surface area contributed by atoms with Gasteiger partial charge in [0.25, 0.3) is 0 Å². The number of Topliss-reactive ketones (excluding diaryl/α,β-unsaturated/α-hetero) is 2. The molecule has 2 atom stereocenters. The van der Waals surface area contributed by atoms with Crippen molar-refractivity contribution in [1.82, 2.24) is 15.2 Å². The molecule has 1 saturated heterocycles. The van der Waals surface area contributed by atoms with Crippen LogP contribution in [0.25, 0.3) is 10.2 Å². The molecule has 2 aliphatic rings. The Kier molecular flexibility index (Phi) is 11.1. The van der Waals surface area contributed by atoms with Gasteiger partial charge in [-0.3, -0.25) is 14.5 Å². The monoisotopic (exact) mass is 573 g/mol. The van der Waals surface area contributed by atoms with Crippen molar-refractivity contribution >= 4 is 50.6 Å². The number of carbonyl (C=O) groups excluding carboxylic acids is 3. The number of amides is 1. The van der Waals surface area contributed by atoms with E-state index in [1.54, 1.807) is 6.07 Å². The average Bonchev–Trinajstić information content (AvgIpc) is 3.32. The number of ether oxygens (including phenoxy) is 1. The molecule has 0 bridgehead atoms. The van der Waals surface area contributed by atoms with Crippen molar-refractivity contribution in [3.8, 4) is 0 Å². The summed E-state index contributed by atoms with van der Waals surface area (Å²) in [5.74, 6) is -0.257. The Morgan fingerprint density at radius 1 is 1.21 bits per heavy atom. The summed E-state index contributed by atoms with van der Waals surface area (Å²) in [6.07, 6.45) is 7.09. The van der Waals surface area contributed by atoms with E-state index in [9.17, 15) is 14.4 Å². The highest BCUT2D eigenvalue weighted by Gasteiger charge is 2.30. The molecular formula is C30H40ClN3O4S. The molecule has 4 rings (SSSR count). The Labute approximate surface area is 240 Å². The number of benzene rings is 1. The number of fused-ring (bicyclic) bond motifs is 1. The number of nitrogens with zero attached hydrogens (tertiary/aromatic N) is 2. The van der Waals surface area contributed by atoms with Crippen molar-refractivity contribution < 1.29 is 19.1 Å². The Morgan fingerprint density at radius 3 is 2.67 bits per heavy atom. The van der Waals surface area contributed by atoms with Gasteiger partial charge in [0, 0.05) is 55.5 Å². The fraction of sp³-hybridized carbons (Fsp3) is 0.600. The molecule has 9 heteroatoms. The third-order valence-electron chi connectivity index (χ3n) is 7.86. The topological polar surface area (TPSA) is 88.6 Å². The first kappa shape index (κ1) is 29.8. The van der Waals surface area contributed by atoms with Gasteiger partial charge in [0.2, 0.25) is 5.91 Å². The minimum Gasteiger partial charge on any atom is -0.379 e. The highest BCUT2D eigenvalue weighted by atomic mass is 35.5. The summed E-state index contributed by atoms with van der Waals surface area (Å²) in [4.78, 5) is 45.6. The molecule has 2 fully saturated rings. The highest BCUT2D eigenvalue weighted by Crippen LogP contribution is 2.30. The van der Waals surface area contributed by atoms with Crippen LogP contribution in [0.2, 0.25) is 5.02 Å². The van der Waals surface area contributed by atoms with Crippen LogP contribution < -0.4 is 5.32 Å². The standard InChI is InChI=1S/C30H40ClN3O4S/c1-20(19-34-12-14-38-15-13-34)27(36)11-10-25(22-6-4-3-5-7-22)33-30(37)23(16-21(2)35)17-29-32-26-9-8-24(31)18-28(26)39-29/h8-9,18,22-23,25H,1,3-7,10-17,19H2,2H3,(H,33,37)/t23-,25+/m0/s1. The van der Waals surface area contributed by atoms with Crippen molar-refractivity contribution in [1.29, 1.82) is 0 Å². The van der Waals surface area contributed by atoms with Crippen LogP contribution in [-0.2, 0) is 25.5 Å². The smallest absolute Gasteiger partial charge is 0.224 e. The molecule has 212 valence electrons. The predicted octanol–water partition coefficient (Wildman–Crippen LogP) is 5.39. The SMILES string of the molecule is C=C(CN1CCOCC1)C(=O)CC[C@@H](NC(=O)[C@@H](CC(C)=O)Cc1nc2ccc(Cl)cc2s1)C1CCCCC1. The maximum absolute atomic E-state index is 13.6. The van der Waals surface area contributed by atoms with Crippen molar-refractivity contribution in [3.05, 3.63) is 40.4 Å². The normalized spacial score (nSPS) is 18.5. The maximum Gasteiger partial charge on any atom is 0.224 e. The summed E-state index contributed by atoms with van der Waals surface area (Å²) >= 11 is 7.65. The van der Waals surface area contributed by atoms with Gasteiger partial charge >= 0.3 is 0 Å². The Bertz CT molecular complexity index is 1170. The van der Waals surface area contributed by atoms with Gasteiger partial charge in [0.1, 0.15) is 5.78 Å². The molecule has 1 amide bonds. The van der Waals surface area contributed by atoms with Crippen LogP contribution >= 0.6 is 22.9 Å². The summed E-state index contributed by atoms with van der Waals surface area (Å²) in [5, 5.41) is 4.75. The zero-order valence-corrected chi connectivity index (χ0v) is 24.5. The summed E-state index contributed by atoms with van der Waals surface area (Å²) < 4.78 is 6.37. The highest BCUT2D eigenvalue weighted by molar-refractivity contribution is 7.18. The summed E-state index contributed by atoms with van der Waals surface area (Å²) in [6.45, 7) is 9.14. The van der Waals surface area contributed by atoms with Crippen molar-refractivity contribution in [3.63, 3.8) is 0 Å². The van der Waals surface area contributed by atoms with E-state index >= 15 is 0 Å². The lowest BCUT2D eigenvalue weighted by molar-refractivity contribution is -0.130. The van der Waals surface area contributed by atoms with E-state index in [0.717, 1.165) is 54.0 Å².